The van der Waals surface area contributed by atoms with E-state index in [-0.39, 0.29) is 28.3 Å². The van der Waals surface area contributed by atoms with Gasteiger partial charge in [-0.1, -0.05) is 37.6 Å². The van der Waals surface area contributed by atoms with Crippen molar-refractivity contribution in [1.29, 1.82) is 0 Å². The maximum Gasteiger partial charge on any atom is 0.286 e. The molecule has 0 amide bonds. The number of aliphatic hydroxyl groups excluding tert-OH is 1. The lowest BCUT2D eigenvalue weighted by atomic mass is 9.72. The van der Waals surface area contributed by atoms with Crippen LogP contribution in [0.4, 0.5) is 11.4 Å². The second-order valence-electron chi connectivity index (χ2n) is 7.99. The third-order valence-corrected chi connectivity index (χ3v) is 7.50. The van der Waals surface area contributed by atoms with E-state index in [4.69, 9.17) is 0 Å². The van der Waals surface area contributed by atoms with Gasteiger partial charge in [0.1, 0.15) is 21.8 Å². The van der Waals surface area contributed by atoms with Gasteiger partial charge in [-0.15, -0.1) is 4.40 Å². The summed E-state index contributed by atoms with van der Waals surface area (Å²) in [5.41, 5.74) is 0.712. The fourth-order valence-corrected chi connectivity index (χ4v) is 5.90. The normalized spacial score (nSPS) is 21.3. The summed E-state index contributed by atoms with van der Waals surface area (Å²) in [7, 11) is -8.04. The maximum absolute atomic E-state index is 13.6. The Labute approximate surface area is 196 Å². The van der Waals surface area contributed by atoms with E-state index >= 15 is 0 Å². The number of hydrogen-bond donors (Lipinski definition) is 5. The molecule has 1 aliphatic heterocycles. The number of carbonyl (C=O) groups excluding carboxylic acids is 1. The second kappa shape index (κ2) is 8.20. The molecule has 34 heavy (non-hydrogen) atoms. The van der Waals surface area contributed by atoms with Crippen LogP contribution in [0, 0.1) is 0 Å². The molecule has 2 aliphatic rings. The lowest BCUT2D eigenvalue weighted by Gasteiger charge is -2.37. The number of aliphatic hydroxyl groups is 1. The number of nitrogens with one attached hydrogen (secondary N) is 3. The molecule has 0 spiro atoms. The molecule has 2 aromatic rings. The zero-order valence-electron chi connectivity index (χ0n) is 18.2. The van der Waals surface area contributed by atoms with Crippen LogP contribution < -0.4 is 15.5 Å². The van der Waals surface area contributed by atoms with Gasteiger partial charge in [-0.05, 0) is 30.2 Å². The van der Waals surface area contributed by atoms with Gasteiger partial charge in [0.2, 0.25) is 10.0 Å². The van der Waals surface area contributed by atoms with Gasteiger partial charge < -0.3 is 15.6 Å². The van der Waals surface area contributed by atoms with Crippen LogP contribution in [0.2, 0.25) is 0 Å². The lowest BCUT2D eigenvalue weighted by Crippen LogP contribution is -2.52. The minimum absolute atomic E-state index is 0.0152. The Morgan fingerprint density at radius 2 is 1.88 bits per heavy atom. The predicted molar refractivity (Wildman–Crippen MR) is 126 cm³/mol. The monoisotopic (exact) mass is 506 g/mol. The second-order valence-corrected chi connectivity index (χ2v) is 11.3. The van der Waals surface area contributed by atoms with Crippen LogP contribution in [0.25, 0.3) is 5.76 Å². The molecule has 1 unspecified atom stereocenters. The molecule has 13 heteroatoms. The van der Waals surface area contributed by atoms with Crippen LogP contribution >= 0.6 is 0 Å². The number of sulfonamides is 2. The minimum atomic E-state index is -4.39. The molecule has 0 saturated carbocycles. The first kappa shape index (κ1) is 23.9. The van der Waals surface area contributed by atoms with E-state index in [2.05, 4.69) is 19.9 Å². The van der Waals surface area contributed by atoms with Crippen LogP contribution in [0.5, 0.6) is 0 Å². The van der Waals surface area contributed by atoms with Crippen LogP contribution in [0.15, 0.2) is 57.3 Å². The van der Waals surface area contributed by atoms with Crippen molar-refractivity contribution in [3.8, 4) is 0 Å². The molecule has 1 atom stereocenters. The molecule has 0 bridgehead atoms. The first-order valence-corrected chi connectivity index (χ1v) is 13.5. The van der Waals surface area contributed by atoms with Gasteiger partial charge in [0, 0.05) is 11.3 Å². The number of nitrogens with zero attached hydrogens (tertiary/aromatic N) is 1. The number of benzene rings is 2. The van der Waals surface area contributed by atoms with Gasteiger partial charge in [-0.25, -0.2) is 8.42 Å². The zero-order chi connectivity index (χ0) is 24.9. The van der Waals surface area contributed by atoms with Gasteiger partial charge in [0.25, 0.3) is 10.0 Å². The summed E-state index contributed by atoms with van der Waals surface area (Å²) in [5.74, 6) is -1.65. The van der Waals surface area contributed by atoms with E-state index in [1.807, 2.05) is 6.92 Å². The number of anilines is 2. The van der Waals surface area contributed by atoms with Gasteiger partial charge in [-0.3, -0.25) is 9.52 Å². The third kappa shape index (κ3) is 3.86. The van der Waals surface area contributed by atoms with Crippen molar-refractivity contribution in [3.63, 3.8) is 0 Å². The average molecular weight is 507 g/mol. The Balaban J connectivity index is 1.88. The van der Waals surface area contributed by atoms with E-state index in [9.17, 15) is 31.9 Å². The summed E-state index contributed by atoms with van der Waals surface area (Å²) >= 11 is 0. The first-order chi connectivity index (χ1) is 15.9. The SMILES string of the molecule is CCCC1(NO)C(=O)C(C2=NS(=O)(=O)c3cc(NS(C)(=O)=O)ccc3N2)=C(O)c2ccccc21. The summed E-state index contributed by atoms with van der Waals surface area (Å²) in [6.07, 6.45) is 1.57. The molecule has 2 aromatic carbocycles. The molecule has 0 saturated heterocycles. The molecule has 0 fully saturated rings. The summed E-state index contributed by atoms with van der Waals surface area (Å²) in [4.78, 5) is 13.3. The fraction of sp³-hybridized carbons (Fsp3) is 0.238. The van der Waals surface area contributed by atoms with E-state index in [0.29, 0.717) is 12.0 Å². The molecule has 11 nitrogen and oxygen atoms in total. The van der Waals surface area contributed by atoms with Crippen LogP contribution in [-0.4, -0.2) is 45.0 Å². The predicted octanol–water partition coefficient (Wildman–Crippen LogP) is 2.10. The number of ketones is 1. The van der Waals surface area contributed by atoms with Crippen molar-refractivity contribution in [3.05, 3.63) is 59.2 Å². The fourth-order valence-electron chi connectivity index (χ4n) is 4.19. The van der Waals surface area contributed by atoms with Crippen LogP contribution in [-0.2, 0) is 30.4 Å². The summed E-state index contributed by atoms with van der Waals surface area (Å²) < 4.78 is 54.8. The third-order valence-electron chi connectivity index (χ3n) is 5.57. The molecule has 1 heterocycles. The number of hydrogen-bond acceptors (Lipinski definition) is 9. The molecule has 180 valence electrons. The standard InChI is InChI=1S/C21H22N4O7S2/c1-3-10-21(25-28)14-7-5-4-6-13(14)18(26)17(19(21)27)20-22-15-9-8-12(23-33(2,29)30)11-16(15)34(31,32)24-20/h4-9,11,23,25-26,28H,3,10H2,1-2H3,(H,22,24). The van der Waals surface area contributed by atoms with Crippen molar-refractivity contribution in [1.82, 2.24) is 5.48 Å². The highest BCUT2D eigenvalue weighted by Gasteiger charge is 2.49. The quantitative estimate of drug-likeness (QED) is 0.367. The Bertz CT molecular complexity index is 1480. The molecule has 4 rings (SSSR count). The van der Waals surface area contributed by atoms with Gasteiger partial charge in [0.05, 0.1) is 11.9 Å². The molecule has 0 radical (unpaired) electrons. The largest absolute Gasteiger partial charge is 0.506 e. The van der Waals surface area contributed by atoms with Crippen molar-refractivity contribution in [2.24, 2.45) is 4.40 Å². The number of Topliss-reactive ketones (excluding diaryl/α,β-unsaturated/α-hetero) is 1. The summed E-state index contributed by atoms with van der Waals surface area (Å²) in [5, 5.41) is 23.8. The Hall–Kier alpha value is -3.26. The van der Waals surface area contributed by atoms with Crippen LogP contribution in [0.3, 0.4) is 0 Å². The Morgan fingerprint density at radius 3 is 2.53 bits per heavy atom. The van der Waals surface area contributed by atoms with Crippen molar-refractivity contribution in [2.75, 3.05) is 16.3 Å². The summed E-state index contributed by atoms with van der Waals surface area (Å²) in [6.45, 7) is 1.81. The molecular weight excluding hydrogens is 484 g/mol. The van der Waals surface area contributed by atoms with E-state index < -0.39 is 48.5 Å². The van der Waals surface area contributed by atoms with Gasteiger partial charge >= 0.3 is 0 Å². The van der Waals surface area contributed by atoms with Crippen molar-refractivity contribution < 1.29 is 31.9 Å². The number of carbonyl (C=O) groups is 1. The number of amidine groups is 1. The zero-order valence-corrected chi connectivity index (χ0v) is 19.8. The smallest absolute Gasteiger partial charge is 0.286 e. The molecule has 1 aliphatic carbocycles. The topological polar surface area (TPSA) is 174 Å². The molecule has 0 aromatic heterocycles. The van der Waals surface area contributed by atoms with E-state index in [1.54, 1.807) is 24.3 Å². The van der Waals surface area contributed by atoms with E-state index in [0.717, 1.165) is 12.3 Å². The highest BCUT2D eigenvalue weighted by Crippen LogP contribution is 2.42. The van der Waals surface area contributed by atoms with Gasteiger partial charge in [-0.2, -0.15) is 13.9 Å². The maximum atomic E-state index is 13.6. The first-order valence-electron chi connectivity index (χ1n) is 10.2. The molecule has 5 N–H and O–H groups in total. The van der Waals surface area contributed by atoms with Crippen molar-refractivity contribution in [2.45, 2.75) is 30.2 Å². The molecular formula is C21H22N4O7S2. The number of fused-ring (bicyclic) bond motifs is 2. The average Bonchev–Trinajstić information content (AvgIpc) is 2.76. The van der Waals surface area contributed by atoms with E-state index in [1.165, 1.54) is 12.1 Å². The number of hydroxylamine groups is 1. The summed E-state index contributed by atoms with van der Waals surface area (Å²) in [6, 6.07) is 10.2. The lowest BCUT2D eigenvalue weighted by molar-refractivity contribution is -0.127. The van der Waals surface area contributed by atoms with Gasteiger partial charge in [0.15, 0.2) is 11.6 Å². The minimum Gasteiger partial charge on any atom is -0.506 e. The Kier molecular flexibility index (Phi) is 5.76. The van der Waals surface area contributed by atoms with Crippen LogP contribution in [0.1, 0.15) is 30.9 Å². The highest BCUT2D eigenvalue weighted by atomic mass is 32.2. The Morgan fingerprint density at radius 1 is 1.18 bits per heavy atom. The number of rotatable bonds is 6. The van der Waals surface area contributed by atoms with Crippen molar-refractivity contribution >= 4 is 48.8 Å². The highest BCUT2D eigenvalue weighted by molar-refractivity contribution is 7.92.